The van der Waals surface area contributed by atoms with Crippen molar-refractivity contribution in [2.45, 2.75) is 65.1 Å². The standard InChI is InChI=1S/C16H30O4/c1-8-16(6,10-11-19-14(17)13(2)3)20-12-9-15(4,5)18-7/h2,8-12H2,1,3-7H3. The highest BCUT2D eigenvalue weighted by molar-refractivity contribution is 5.86. The molecule has 0 rings (SSSR count). The minimum Gasteiger partial charge on any atom is -0.462 e. The lowest BCUT2D eigenvalue weighted by atomic mass is 9.99. The summed E-state index contributed by atoms with van der Waals surface area (Å²) in [5.41, 5.74) is -0.0359. The average Bonchev–Trinajstić information content (AvgIpc) is 2.38. The Bertz CT molecular complexity index is 322. The third-order valence-electron chi connectivity index (χ3n) is 3.67. The van der Waals surface area contributed by atoms with Crippen LogP contribution in [0.5, 0.6) is 0 Å². The molecule has 20 heavy (non-hydrogen) atoms. The summed E-state index contributed by atoms with van der Waals surface area (Å²) in [7, 11) is 1.70. The molecule has 0 amide bonds. The zero-order valence-corrected chi connectivity index (χ0v) is 13.9. The molecule has 0 aliphatic rings. The van der Waals surface area contributed by atoms with Crippen molar-refractivity contribution in [1.29, 1.82) is 0 Å². The van der Waals surface area contributed by atoms with Crippen molar-refractivity contribution >= 4 is 5.97 Å². The molecule has 4 nitrogen and oxygen atoms in total. The molecule has 0 fully saturated rings. The summed E-state index contributed by atoms with van der Waals surface area (Å²) in [6.07, 6.45) is 2.37. The van der Waals surface area contributed by atoms with Crippen molar-refractivity contribution in [3.63, 3.8) is 0 Å². The summed E-state index contributed by atoms with van der Waals surface area (Å²) < 4.78 is 16.5. The predicted molar refractivity (Wildman–Crippen MR) is 80.7 cm³/mol. The summed E-state index contributed by atoms with van der Waals surface area (Å²) >= 11 is 0. The van der Waals surface area contributed by atoms with Crippen molar-refractivity contribution in [2.24, 2.45) is 0 Å². The maximum atomic E-state index is 11.3. The molecule has 1 atom stereocenters. The van der Waals surface area contributed by atoms with Crippen molar-refractivity contribution < 1.29 is 19.0 Å². The molecule has 0 aromatic heterocycles. The van der Waals surface area contributed by atoms with Gasteiger partial charge in [-0.25, -0.2) is 4.79 Å². The molecule has 0 heterocycles. The first-order valence-corrected chi connectivity index (χ1v) is 7.17. The van der Waals surface area contributed by atoms with Gasteiger partial charge in [0.1, 0.15) is 0 Å². The first-order valence-electron chi connectivity index (χ1n) is 7.17. The molecule has 0 aromatic carbocycles. The number of carbonyl (C=O) groups excluding carboxylic acids is 1. The van der Waals surface area contributed by atoms with Crippen LogP contribution in [0.25, 0.3) is 0 Å². The van der Waals surface area contributed by atoms with Crippen molar-refractivity contribution in [2.75, 3.05) is 20.3 Å². The van der Waals surface area contributed by atoms with E-state index in [-0.39, 0.29) is 17.2 Å². The van der Waals surface area contributed by atoms with Gasteiger partial charge in [0.25, 0.3) is 0 Å². The molecule has 0 saturated heterocycles. The largest absolute Gasteiger partial charge is 0.462 e. The van der Waals surface area contributed by atoms with E-state index in [2.05, 4.69) is 13.5 Å². The van der Waals surface area contributed by atoms with Gasteiger partial charge in [-0.15, -0.1) is 0 Å². The molecule has 0 aliphatic heterocycles. The highest BCUT2D eigenvalue weighted by atomic mass is 16.5. The van der Waals surface area contributed by atoms with Crippen molar-refractivity contribution in [3.05, 3.63) is 12.2 Å². The minimum absolute atomic E-state index is 0.179. The smallest absolute Gasteiger partial charge is 0.333 e. The quantitative estimate of drug-likeness (QED) is 0.455. The number of ether oxygens (including phenoxy) is 3. The molecule has 118 valence electrons. The van der Waals surface area contributed by atoms with E-state index in [1.54, 1.807) is 14.0 Å². The third-order valence-corrected chi connectivity index (χ3v) is 3.67. The number of carbonyl (C=O) groups is 1. The lowest BCUT2D eigenvalue weighted by Gasteiger charge is -2.31. The minimum atomic E-state index is -0.344. The molecule has 0 spiro atoms. The normalized spacial score (nSPS) is 14.7. The van der Waals surface area contributed by atoms with Gasteiger partial charge in [-0.05, 0) is 40.5 Å². The van der Waals surface area contributed by atoms with Crippen LogP contribution in [0.3, 0.4) is 0 Å². The van der Waals surface area contributed by atoms with E-state index in [0.29, 0.717) is 25.2 Å². The zero-order valence-electron chi connectivity index (χ0n) is 13.9. The molecule has 0 saturated carbocycles. The second kappa shape index (κ2) is 8.42. The van der Waals surface area contributed by atoms with E-state index in [1.807, 2.05) is 20.8 Å². The van der Waals surface area contributed by atoms with E-state index in [1.165, 1.54) is 0 Å². The molecule has 0 bridgehead atoms. The summed E-state index contributed by atoms with van der Waals surface area (Å²) in [5.74, 6) is -0.344. The fourth-order valence-corrected chi connectivity index (χ4v) is 1.48. The maximum absolute atomic E-state index is 11.3. The van der Waals surface area contributed by atoms with E-state index in [9.17, 15) is 4.79 Å². The number of hydrogen-bond donors (Lipinski definition) is 0. The molecule has 1 unspecified atom stereocenters. The van der Waals surface area contributed by atoms with Gasteiger partial charge in [-0.2, -0.15) is 0 Å². The van der Waals surface area contributed by atoms with Gasteiger partial charge < -0.3 is 14.2 Å². The molecular formula is C16H30O4. The Labute approximate surface area is 123 Å². The highest BCUT2D eigenvalue weighted by Crippen LogP contribution is 2.22. The second-order valence-corrected chi connectivity index (χ2v) is 6.03. The number of hydrogen-bond acceptors (Lipinski definition) is 4. The van der Waals surface area contributed by atoms with Gasteiger partial charge >= 0.3 is 5.97 Å². The van der Waals surface area contributed by atoms with Crippen LogP contribution in [0, 0.1) is 0 Å². The van der Waals surface area contributed by atoms with Gasteiger partial charge in [-0.1, -0.05) is 13.5 Å². The van der Waals surface area contributed by atoms with Crippen LogP contribution >= 0.6 is 0 Å². The first-order chi connectivity index (χ1) is 9.16. The molecule has 0 aromatic rings. The van der Waals surface area contributed by atoms with Gasteiger partial charge in [0.2, 0.25) is 0 Å². The monoisotopic (exact) mass is 286 g/mol. The fourth-order valence-electron chi connectivity index (χ4n) is 1.48. The lowest BCUT2D eigenvalue weighted by molar-refractivity contribution is -0.141. The summed E-state index contributed by atoms with van der Waals surface area (Å²) in [6.45, 7) is 14.4. The third kappa shape index (κ3) is 7.65. The topological polar surface area (TPSA) is 44.8 Å². The lowest BCUT2D eigenvalue weighted by Crippen LogP contribution is -2.33. The second-order valence-electron chi connectivity index (χ2n) is 6.03. The summed E-state index contributed by atoms with van der Waals surface area (Å²) in [4.78, 5) is 11.3. The van der Waals surface area contributed by atoms with Crippen LogP contribution in [0.2, 0.25) is 0 Å². The van der Waals surface area contributed by atoms with E-state index >= 15 is 0 Å². The van der Waals surface area contributed by atoms with Gasteiger partial charge in [-0.3, -0.25) is 0 Å². The molecular weight excluding hydrogens is 256 g/mol. The Morgan fingerprint density at radius 2 is 1.75 bits per heavy atom. The van der Waals surface area contributed by atoms with Crippen LogP contribution in [0.15, 0.2) is 12.2 Å². The van der Waals surface area contributed by atoms with Crippen LogP contribution in [0.1, 0.15) is 53.9 Å². The van der Waals surface area contributed by atoms with E-state index in [4.69, 9.17) is 14.2 Å². The van der Waals surface area contributed by atoms with Crippen molar-refractivity contribution in [1.82, 2.24) is 0 Å². The number of methoxy groups -OCH3 is 1. The molecule has 0 aliphatic carbocycles. The Morgan fingerprint density at radius 1 is 1.15 bits per heavy atom. The van der Waals surface area contributed by atoms with Gasteiger partial charge in [0, 0.05) is 19.1 Å². The number of rotatable bonds is 10. The predicted octanol–water partition coefficient (Wildman–Crippen LogP) is 3.50. The van der Waals surface area contributed by atoms with Crippen LogP contribution in [-0.4, -0.2) is 37.5 Å². The molecule has 0 N–H and O–H groups in total. The molecule has 0 radical (unpaired) electrons. The fraction of sp³-hybridized carbons (Fsp3) is 0.812. The SMILES string of the molecule is C=C(C)C(=O)OCCC(C)(CC)OCCC(C)(C)OC. The molecule has 4 heteroatoms. The Hall–Kier alpha value is -0.870. The van der Waals surface area contributed by atoms with Crippen LogP contribution < -0.4 is 0 Å². The van der Waals surface area contributed by atoms with E-state index < -0.39 is 0 Å². The Kier molecular flexibility index (Phi) is 8.06. The maximum Gasteiger partial charge on any atom is 0.333 e. The first kappa shape index (κ1) is 19.1. The summed E-state index contributed by atoms with van der Waals surface area (Å²) in [6, 6.07) is 0. The van der Waals surface area contributed by atoms with Crippen LogP contribution in [-0.2, 0) is 19.0 Å². The Balaban J connectivity index is 4.14. The van der Waals surface area contributed by atoms with Gasteiger partial charge in [0.05, 0.1) is 24.4 Å². The van der Waals surface area contributed by atoms with Crippen LogP contribution in [0.4, 0.5) is 0 Å². The summed E-state index contributed by atoms with van der Waals surface area (Å²) in [5, 5.41) is 0. The Morgan fingerprint density at radius 3 is 2.20 bits per heavy atom. The van der Waals surface area contributed by atoms with Crippen molar-refractivity contribution in [3.8, 4) is 0 Å². The van der Waals surface area contributed by atoms with E-state index in [0.717, 1.165) is 12.8 Å². The zero-order chi connectivity index (χ0) is 15.8. The van der Waals surface area contributed by atoms with Gasteiger partial charge in [0.15, 0.2) is 0 Å². The average molecular weight is 286 g/mol. The highest BCUT2D eigenvalue weighted by Gasteiger charge is 2.25. The number of esters is 1.